The van der Waals surface area contributed by atoms with Crippen molar-refractivity contribution in [2.45, 2.75) is 0 Å². The van der Waals surface area contributed by atoms with Gasteiger partial charge in [0, 0.05) is 24.7 Å². The lowest BCUT2D eigenvalue weighted by Gasteiger charge is -2.05. The third-order valence-electron chi connectivity index (χ3n) is 2.35. The summed E-state index contributed by atoms with van der Waals surface area (Å²) in [4.78, 5) is 11.5. The van der Waals surface area contributed by atoms with Crippen molar-refractivity contribution < 1.29 is 14.3 Å². The average Bonchev–Trinajstić information content (AvgIpc) is 2.65. The second-order valence-electron chi connectivity index (χ2n) is 3.41. The first-order valence-electron chi connectivity index (χ1n) is 4.75. The number of hydrogen-bond acceptors (Lipinski definition) is 4. The van der Waals surface area contributed by atoms with Crippen LogP contribution in [0.2, 0.25) is 0 Å². The normalized spacial score (nSPS) is 10.4. The van der Waals surface area contributed by atoms with Gasteiger partial charge in [-0.3, -0.25) is 4.68 Å². The minimum absolute atomic E-state index is 0.408. The predicted molar refractivity (Wildman–Crippen MR) is 58.6 cm³/mol. The Morgan fingerprint density at radius 1 is 1.38 bits per heavy atom. The summed E-state index contributed by atoms with van der Waals surface area (Å²) >= 11 is 0. The lowest BCUT2D eigenvalue weighted by atomic mass is 10.1. The standard InChI is InChI=1S/C11H12N2O3/c1-13-6-7-4-8(11(14)16-3)10(15-2)5-9(7)12-13/h4-6H,1-3H3. The molecule has 16 heavy (non-hydrogen) atoms. The topological polar surface area (TPSA) is 53.4 Å². The molecule has 0 aliphatic carbocycles. The molecule has 0 radical (unpaired) electrons. The number of methoxy groups -OCH3 is 2. The van der Waals surface area contributed by atoms with E-state index in [2.05, 4.69) is 9.84 Å². The number of ether oxygens (including phenoxy) is 2. The molecule has 84 valence electrons. The van der Waals surface area contributed by atoms with Crippen LogP contribution in [0.25, 0.3) is 10.9 Å². The number of benzene rings is 1. The van der Waals surface area contributed by atoms with Crippen LogP contribution in [0.5, 0.6) is 5.75 Å². The van der Waals surface area contributed by atoms with E-state index in [-0.39, 0.29) is 0 Å². The maximum absolute atomic E-state index is 11.5. The second kappa shape index (κ2) is 3.84. The van der Waals surface area contributed by atoms with E-state index in [1.165, 1.54) is 14.2 Å². The largest absolute Gasteiger partial charge is 0.496 e. The Bertz CT molecular complexity index is 545. The van der Waals surface area contributed by atoms with E-state index in [1.807, 2.05) is 13.2 Å². The minimum atomic E-state index is -0.414. The maximum atomic E-state index is 11.5. The highest BCUT2D eigenvalue weighted by Gasteiger charge is 2.15. The van der Waals surface area contributed by atoms with E-state index in [0.29, 0.717) is 11.3 Å². The van der Waals surface area contributed by atoms with Crippen LogP contribution in [0.1, 0.15) is 10.4 Å². The van der Waals surface area contributed by atoms with E-state index in [9.17, 15) is 4.79 Å². The molecular formula is C11H12N2O3. The number of aromatic nitrogens is 2. The molecule has 0 aliphatic rings. The fraction of sp³-hybridized carbons (Fsp3) is 0.273. The molecule has 5 nitrogen and oxygen atoms in total. The second-order valence-corrected chi connectivity index (χ2v) is 3.41. The van der Waals surface area contributed by atoms with Crippen LogP contribution in [-0.2, 0) is 11.8 Å². The molecule has 2 rings (SSSR count). The fourth-order valence-corrected chi connectivity index (χ4v) is 1.61. The van der Waals surface area contributed by atoms with Gasteiger partial charge in [-0.15, -0.1) is 0 Å². The summed E-state index contributed by atoms with van der Waals surface area (Å²) in [6.07, 6.45) is 1.83. The van der Waals surface area contributed by atoms with Crippen molar-refractivity contribution in [2.75, 3.05) is 14.2 Å². The Hall–Kier alpha value is -2.04. The molecule has 0 bridgehead atoms. The van der Waals surface area contributed by atoms with E-state index in [0.717, 1.165) is 10.9 Å². The minimum Gasteiger partial charge on any atom is -0.496 e. The first kappa shape index (κ1) is 10.5. The molecule has 0 spiro atoms. The highest BCUT2D eigenvalue weighted by Crippen LogP contribution is 2.25. The molecular weight excluding hydrogens is 208 g/mol. The first-order valence-corrected chi connectivity index (χ1v) is 4.75. The van der Waals surface area contributed by atoms with Gasteiger partial charge in [0.05, 0.1) is 19.7 Å². The maximum Gasteiger partial charge on any atom is 0.341 e. The van der Waals surface area contributed by atoms with Crippen molar-refractivity contribution in [3.8, 4) is 5.75 Å². The van der Waals surface area contributed by atoms with Gasteiger partial charge < -0.3 is 9.47 Å². The Morgan fingerprint density at radius 2 is 2.12 bits per heavy atom. The molecule has 0 N–H and O–H groups in total. The van der Waals surface area contributed by atoms with Crippen LogP contribution >= 0.6 is 0 Å². The van der Waals surface area contributed by atoms with Gasteiger partial charge in [0.25, 0.3) is 0 Å². The number of hydrogen-bond donors (Lipinski definition) is 0. The molecule has 0 aliphatic heterocycles. The highest BCUT2D eigenvalue weighted by atomic mass is 16.5. The van der Waals surface area contributed by atoms with Crippen LogP contribution in [0.4, 0.5) is 0 Å². The summed E-state index contributed by atoms with van der Waals surface area (Å²) in [7, 11) is 4.68. The zero-order valence-corrected chi connectivity index (χ0v) is 9.35. The zero-order valence-electron chi connectivity index (χ0n) is 9.35. The summed E-state index contributed by atoms with van der Waals surface area (Å²) in [5.74, 6) is 0.0562. The van der Waals surface area contributed by atoms with Crippen molar-refractivity contribution in [1.29, 1.82) is 0 Å². The van der Waals surface area contributed by atoms with Gasteiger partial charge in [0.1, 0.15) is 11.3 Å². The summed E-state index contributed by atoms with van der Waals surface area (Å²) in [5.41, 5.74) is 1.19. The number of esters is 1. The lowest BCUT2D eigenvalue weighted by molar-refractivity contribution is 0.0597. The van der Waals surface area contributed by atoms with Gasteiger partial charge >= 0.3 is 5.97 Å². The Balaban J connectivity index is 2.66. The summed E-state index contributed by atoms with van der Waals surface area (Å²) in [6.45, 7) is 0. The van der Waals surface area contributed by atoms with E-state index < -0.39 is 5.97 Å². The van der Waals surface area contributed by atoms with Crippen LogP contribution in [0.15, 0.2) is 18.3 Å². The molecule has 2 aromatic rings. The van der Waals surface area contributed by atoms with Gasteiger partial charge in [-0.05, 0) is 6.07 Å². The smallest absolute Gasteiger partial charge is 0.341 e. The van der Waals surface area contributed by atoms with Crippen LogP contribution in [-0.4, -0.2) is 30.0 Å². The van der Waals surface area contributed by atoms with E-state index >= 15 is 0 Å². The predicted octanol–water partition coefficient (Wildman–Crippen LogP) is 1.37. The summed E-state index contributed by atoms with van der Waals surface area (Å²) in [5, 5.41) is 5.11. The number of carbonyl (C=O) groups is 1. The van der Waals surface area contributed by atoms with Crippen molar-refractivity contribution in [3.05, 3.63) is 23.9 Å². The van der Waals surface area contributed by atoms with E-state index in [1.54, 1.807) is 16.8 Å². The third kappa shape index (κ3) is 1.60. The molecule has 1 aromatic heterocycles. The molecule has 1 heterocycles. The van der Waals surface area contributed by atoms with Crippen molar-refractivity contribution in [2.24, 2.45) is 7.05 Å². The average molecular weight is 220 g/mol. The van der Waals surface area contributed by atoms with Crippen LogP contribution < -0.4 is 4.74 Å². The number of fused-ring (bicyclic) bond motifs is 1. The van der Waals surface area contributed by atoms with E-state index in [4.69, 9.17) is 4.74 Å². The van der Waals surface area contributed by atoms with Crippen molar-refractivity contribution >= 4 is 16.9 Å². The highest BCUT2D eigenvalue weighted by molar-refractivity contribution is 5.97. The zero-order chi connectivity index (χ0) is 11.7. The Morgan fingerprint density at radius 3 is 2.75 bits per heavy atom. The molecule has 0 amide bonds. The molecule has 0 saturated heterocycles. The van der Waals surface area contributed by atoms with Gasteiger partial charge in [0.15, 0.2) is 0 Å². The van der Waals surface area contributed by atoms with Crippen molar-refractivity contribution in [3.63, 3.8) is 0 Å². The number of carbonyl (C=O) groups excluding carboxylic acids is 1. The van der Waals surface area contributed by atoms with Gasteiger partial charge in [-0.1, -0.05) is 0 Å². The SMILES string of the molecule is COC(=O)c1cc2cn(C)nc2cc1OC. The molecule has 0 unspecified atom stereocenters. The summed E-state index contributed by atoms with van der Waals surface area (Å²) in [6, 6.07) is 3.44. The molecule has 1 aromatic carbocycles. The number of rotatable bonds is 2. The van der Waals surface area contributed by atoms with Crippen LogP contribution in [0.3, 0.4) is 0 Å². The molecule has 5 heteroatoms. The van der Waals surface area contributed by atoms with Gasteiger partial charge in [0.2, 0.25) is 0 Å². The molecule has 0 atom stereocenters. The quantitative estimate of drug-likeness (QED) is 0.717. The van der Waals surface area contributed by atoms with Crippen LogP contribution in [0, 0.1) is 0 Å². The number of aryl methyl sites for hydroxylation is 1. The Kier molecular flexibility index (Phi) is 2.52. The first-order chi connectivity index (χ1) is 7.65. The number of nitrogens with zero attached hydrogens (tertiary/aromatic N) is 2. The molecule has 0 fully saturated rings. The van der Waals surface area contributed by atoms with Gasteiger partial charge in [-0.2, -0.15) is 5.10 Å². The fourth-order valence-electron chi connectivity index (χ4n) is 1.61. The third-order valence-corrected chi connectivity index (χ3v) is 2.35. The van der Waals surface area contributed by atoms with Gasteiger partial charge in [-0.25, -0.2) is 4.79 Å². The molecule has 0 saturated carbocycles. The lowest BCUT2D eigenvalue weighted by Crippen LogP contribution is -2.03. The summed E-state index contributed by atoms with van der Waals surface area (Å²) < 4.78 is 11.5. The van der Waals surface area contributed by atoms with Crippen molar-refractivity contribution in [1.82, 2.24) is 9.78 Å². The Labute approximate surface area is 92.6 Å². The monoisotopic (exact) mass is 220 g/mol.